The maximum absolute atomic E-state index is 14.5. The number of nitrogens with one attached hydrogen (secondary N) is 1. The number of sulfonamides is 1. The van der Waals surface area contributed by atoms with E-state index in [1.165, 1.54) is 6.07 Å². The van der Waals surface area contributed by atoms with Crippen LogP contribution in [0.25, 0.3) is 0 Å². The highest BCUT2D eigenvalue weighted by molar-refractivity contribution is 9.11. The Morgan fingerprint density at radius 2 is 1.85 bits per heavy atom. The van der Waals surface area contributed by atoms with Gasteiger partial charge in [0.25, 0.3) is 0 Å². The van der Waals surface area contributed by atoms with Crippen LogP contribution in [-0.2, 0) is 27.8 Å². The topological polar surface area (TPSA) is 92.7 Å². The highest BCUT2D eigenvalue weighted by atomic mass is 79.9. The predicted molar refractivity (Wildman–Crippen MR) is 107 cm³/mol. The van der Waals surface area contributed by atoms with E-state index < -0.39 is 21.8 Å². The van der Waals surface area contributed by atoms with Crippen molar-refractivity contribution in [1.29, 1.82) is 0 Å². The van der Waals surface area contributed by atoms with Crippen LogP contribution in [0.15, 0.2) is 33.2 Å². The standard InChI is InChI=1S/C16H13Br2ClFNO5S/c1-27(24,25)21-13-6-10(19)5-9(15(13)20)7-26-16-11(17)2-8(3-12(16)18)4-14(22)23/h2-3,5-6,21H,4,7H2,1H3,(H,22,23). The molecule has 0 amide bonds. The minimum absolute atomic E-state index is 0.0436. The van der Waals surface area contributed by atoms with Crippen molar-refractivity contribution in [2.75, 3.05) is 11.0 Å². The minimum Gasteiger partial charge on any atom is -0.486 e. The van der Waals surface area contributed by atoms with Crippen LogP contribution in [0.5, 0.6) is 5.75 Å². The lowest BCUT2D eigenvalue weighted by atomic mass is 10.1. The molecule has 0 atom stereocenters. The molecule has 0 saturated heterocycles. The Hall–Kier alpha value is -1.36. The zero-order valence-corrected chi connectivity index (χ0v) is 18.5. The van der Waals surface area contributed by atoms with Gasteiger partial charge in [0.15, 0.2) is 5.82 Å². The second kappa shape index (κ2) is 8.76. The van der Waals surface area contributed by atoms with E-state index in [9.17, 15) is 17.6 Å². The lowest BCUT2D eigenvalue weighted by molar-refractivity contribution is -0.136. The molecule has 0 bridgehead atoms. The molecule has 0 fully saturated rings. The van der Waals surface area contributed by atoms with Crippen molar-refractivity contribution in [3.05, 3.63) is 55.2 Å². The molecule has 2 aromatic carbocycles. The maximum atomic E-state index is 14.5. The number of hydrogen-bond donors (Lipinski definition) is 2. The van der Waals surface area contributed by atoms with Crippen molar-refractivity contribution < 1.29 is 27.4 Å². The first-order valence-electron chi connectivity index (χ1n) is 7.24. The number of carbonyl (C=O) groups is 1. The molecule has 2 aromatic rings. The van der Waals surface area contributed by atoms with Crippen LogP contribution in [0.1, 0.15) is 11.1 Å². The van der Waals surface area contributed by atoms with Crippen molar-refractivity contribution in [3.8, 4) is 5.75 Å². The van der Waals surface area contributed by atoms with Crippen LogP contribution < -0.4 is 9.46 Å². The second-order valence-electron chi connectivity index (χ2n) is 5.55. The van der Waals surface area contributed by atoms with Gasteiger partial charge in [-0.15, -0.1) is 0 Å². The Morgan fingerprint density at radius 1 is 1.26 bits per heavy atom. The summed E-state index contributed by atoms with van der Waals surface area (Å²) >= 11 is 12.5. The minimum atomic E-state index is -3.68. The van der Waals surface area contributed by atoms with Gasteiger partial charge in [0.1, 0.15) is 12.4 Å². The van der Waals surface area contributed by atoms with E-state index in [0.717, 1.165) is 12.3 Å². The molecule has 0 aromatic heterocycles. The number of ether oxygens (including phenoxy) is 1. The van der Waals surface area contributed by atoms with Crippen LogP contribution in [-0.4, -0.2) is 25.7 Å². The van der Waals surface area contributed by atoms with Crippen molar-refractivity contribution in [3.63, 3.8) is 0 Å². The first-order chi connectivity index (χ1) is 12.5. The molecule has 2 rings (SSSR count). The van der Waals surface area contributed by atoms with Crippen LogP contribution in [0.4, 0.5) is 10.1 Å². The Kier molecular flexibility index (Phi) is 7.12. The average molecular weight is 546 g/mol. The normalized spacial score (nSPS) is 11.3. The van der Waals surface area contributed by atoms with Crippen molar-refractivity contribution in [1.82, 2.24) is 0 Å². The fourth-order valence-electron chi connectivity index (χ4n) is 2.20. The van der Waals surface area contributed by atoms with Crippen molar-refractivity contribution in [2.24, 2.45) is 0 Å². The fourth-order valence-corrected chi connectivity index (χ4v) is 4.50. The van der Waals surface area contributed by atoms with E-state index in [0.29, 0.717) is 20.3 Å². The molecule has 0 heterocycles. The number of rotatable bonds is 7. The van der Waals surface area contributed by atoms with Gasteiger partial charge in [0.05, 0.1) is 27.3 Å². The van der Waals surface area contributed by atoms with Crippen LogP contribution in [0.2, 0.25) is 5.02 Å². The van der Waals surface area contributed by atoms with E-state index in [1.807, 2.05) is 0 Å². The summed E-state index contributed by atoms with van der Waals surface area (Å²) in [5.74, 6) is -1.45. The molecule has 0 aliphatic heterocycles. The zero-order valence-electron chi connectivity index (χ0n) is 13.7. The number of carboxylic acids is 1. The first kappa shape index (κ1) is 21.9. The monoisotopic (exact) mass is 543 g/mol. The summed E-state index contributed by atoms with van der Waals surface area (Å²) in [4.78, 5) is 10.8. The number of halogens is 4. The molecule has 6 nitrogen and oxygen atoms in total. The molecule has 0 spiro atoms. The molecule has 11 heteroatoms. The van der Waals surface area contributed by atoms with E-state index >= 15 is 0 Å². The smallest absolute Gasteiger partial charge is 0.307 e. The van der Waals surface area contributed by atoms with Gasteiger partial charge in [-0.3, -0.25) is 9.52 Å². The summed E-state index contributed by atoms with van der Waals surface area (Å²) in [5, 5.41) is 9.00. The second-order valence-corrected chi connectivity index (χ2v) is 9.44. The number of benzene rings is 2. The van der Waals surface area contributed by atoms with E-state index in [4.69, 9.17) is 21.4 Å². The van der Waals surface area contributed by atoms with Gasteiger partial charge in [-0.2, -0.15) is 0 Å². The summed E-state index contributed by atoms with van der Waals surface area (Å²) in [6.07, 6.45) is 0.733. The maximum Gasteiger partial charge on any atom is 0.307 e. The highest BCUT2D eigenvalue weighted by Gasteiger charge is 2.16. The fraction of sp³-hybridized carbons (Fsp3) is 0.188. The molecule has 0 aliphatic carbocycles. The molecular formula is C16H13Br2ClFNO5S. The summed E-state index contributed by atoms with van der Waals surface area (Å²) in [7, 11) is -3.68. The molecule has 0 unspecified atom stereocenters. The van der Waals surface area contributed by atoms with Crippen LogP contribution >= 0.6 is 43.5 Å². The number of hydrogen-bond acceptors (Lipinski definition) is 4. The van der Waals surface area contributed by atoms with Crippen molar-refractivity contribution in [2.45, 2.75) is 13.0 Å². The third-order valence-electron chi connectivity index (χ3n) is 3.19. The molecule has 0 saturated carbocycles. The lowest BCUT2D eigenvalue weighted by Crippen LogP contribution is -2.12. The highest BCUT2D eigenvalue weighted by Crippen LogP contribution is 2.36. The summed E-state index contributed by atoms with van der Waals surface area (Å²) in [5.41, 5.74) is 0.308. The summed E-state index contributed by atoms with van der Waals surface area (Å²) < 4.78 is 45.9. The quantitative estimate of drug-likeness (QED) is 0.532. The molecule has 2 N–H and O–H groups in total. The van der Waals surface area contributed by atoms with Gasteiger partial charge < -0.3 is 9.84 Å². The van der Waals surface area contributed by atoms with Gasteiger partial charge in [-0.25, -0.2) is 12.8 Å². The van der Waals surface area contributed by atoms with Gasteiger partial charge in [0.2, 0.25) is 10.0 Å². The Labute approximate surface area is 177 Å². The summed E-state index contributed by atoms with van der Waals surface area (Å²) in [6, 6.07) is 5.65. The third kappa shape index (κ3) is 6.34. The number of carboxylic acid groups (broad SMARTS) is 1. The molecule has 0 radical (unpaired) electrons. The average Bonchev–Trinajstić information content (AvgIpc) is 2.48. The van der Waals surface area contributed by atoms with E-state index in [2.05, 4.69) is 36.6 Å². The zero-order chi connectivity index (χ0) is 20.4. The molecular weight excluding hydrogens is 533 g/mol. The third-order valence-corrected chi connectivity index (χ3v) is 5.18. The van der Waals surface area contributed by atoms with Crippen LogP contribution in [0.3, 0.4) is 0 Å². The van der Waals surface area contributed by atoms with E-state index in [-0.39, 0.29) is 29.3 Å². The lowest BCUT2D eigenvalue weighted by Gasteiger charge is -2.14. The number of anilines is 1. The first-order valence-corrected chi connectivity index (χ1v) is 11.1. The van der Waals surface area contributed by atoms with Gasteiger partial charge in [0, 0.05) is 10.6 Å². The largest absolute Gasteiger partial charge is 0.486 e. The molecule has 27 heavy (non-hydrogen) atoms. The Bertz CT molecular complexity index is 978. The Morgan fingerprint density at radius 3 is 2.37 bits per heavy atom. The van der Waals surface area contributed by atoms with Gasteiger partial charge in [-0.05, 0) is 61.7 Å². The van der Waals surface area contributed by atoms with Gasteiger partial charge >= 0.3 is 5.97 Å². The predicted octanol–water partition coefficient (Wildman–Crippen LogP) is 4.58. The van der Waals surface area contributed by atoms with Gasteiger partial charge in [-0.1, -0.05) is 11.6 Å². The molecule has 0 aliphatic rings. The number of aliphatic carboxylic acids is 1. The Balaban J connectivity index is 2.28. The SMILES string of the molecule is CS(=O)(=O)Nc1cc(Cl)cc(COc2c(Br)cc(CC(=O)O)cc2Br)c1F. The van der Waals surface area contributed by atoms with E-state index in [1.54, 1.807) is 12.1 Å². The molecule has 146 valence electrons. The van der Waals surface area contributed by atoms with Crippen LogP contribution in [0, 0.1) is 5.82 Å². The summed E-state index contributed by atoms with van der Waals surface area (Å²) in [6.45, 7) is -0.236. The van der Waals surface area contributed by atoms with Crippen molar-refractivity contribution >= 4 is 65.1 Å².